The van der Waals surface area contributed by atoms with Gasteiger partial charge in [-0.3, -0.25) is 0 Å². The van der Waals surface area contributed by atoms with E-state index in [1.165, 1.54) is 31.8 Å². The van der Waals surface area contributed by atoms with Crippen molar-refractivity contribution in [3.63, 3.8) is 0 Å². The number of unbranched alkanes of at least 4 members (excludes halogenated alkanes) is 6. The fourth-order valence-corrected chi connectivity index (χ4v) is 3.21. The summed E-state index contributed by atoms with van der Waals surface area (Å²) in [7, 11) is 0. The Kier molecular flexibility index (Phi) is 11.8. The summed E-state index contributed by atoms with van der Waals surface area (Å²) in [6.07, 6.45) is 11.4. The molecule has 0 aromatic heterocycles. The van der Waals surface area contributed by atoms with E-state index in [1.54, 1.807) is 6.07 Å². The minimum atomic E-state index is -0.351. The van der Waals surface area contributed by atoms with E-state index in [0.717, 1.165) is 38.0 Å². The molecule has 0 saturated carbocycles. The number of allylic oxidation sites excluding steroid dienone is 2. The molecule has 0 heterocycles. The number of benzene rings is 1. The number of nitrogens with zero attached hydrogens (tertiary/aromatic N) is 1. The third kappa shape index (κ3) is 8.64. The maximum Gasteiger partial charge on any atom is 0.331 e. The van der Waals surface area contributed by atoms with Gasteiger partial charge in [0.2, 0.25) is 0 Å². The molecule has 0 atom stereocenters. The van der Waals surface area contributed by atoms with Crippen LogP contribution in [-0.2, 0) is 9.53 Å². The minimum absolute atomic E-state index is 0.183. The SMILES string of the molecule is C=CCCCCCCCCOC(=O)/C=C(\C)c1ccc(N(CC)CC)cc1O. The van der Waals surface area contributed by atoms with Crippen molar-refractivity contribution in [1.29, 1.82) is 0 Å². The Balaban J connectivity index is 2.42. The van der Waals surface area contributed by atoms with Gasteiger partial charge in [0.15, 0.2) is 0 Å². The Labute approximate surface area is 170 Å². The summed E-state index contributed by atoms with van der Waals surface area (Å²) in [4.78, 5) is 14.2. The molecule has 0 aliphatic heterocycles. The largest absolute Gasteiger partial charge is 0.507 e. The van der Waals surface area contributed by atoms with Crippen molar-refractivity contribution in [1.82, 2.24) is 0 Å². The number of anilines is 1. The number of carbonyl (C=O) groups excluding carboxylic acids is 1. The molecular weight excluding hydrogens is 350 g/mol. The fourth-order valence-electron chi connectivity index (χ4n) is 3.21. The van der Waals surface area contributed by atoms with E-state index in [4.69, 9.17) is 4.74 Å². The van der Waals surface area contributed by atoms with Gasteiger partial charge in [-0.1, -0.05) is 31.8 Å². The molecule has 0 bridgehead atoms. The van der Waals surface area contributed by atoms with Crippen LogP contribution in [0.2, 0.25) is 0 Å². The Bertz CT molecular complexity index is 633. The number of hydrogen-bond donors (Lipinski definition) is 1. The number of rotatable bonds is 14. The van der Waals surface area contributed by atoms with Crippen LogP contribution in [0.25, 0.3) is 5.57 Å². The average molecular weight is 388 g/mol. The Morgan fingerprint density at radius 3 is 2.36 bits per heavy atom. The third-order valence-electron chi connectivity index (χ3n) is 4.92. The van der Waals surface area contributed by atoms with Gasteiger partial charge in [-0.15, -0.1) is 6.58 Å². The monoisotopic (exact) mass is 387 g/mol. The zero-order valence-electron chi connectivity index (χ0n) is 17.9. The maximum atomic E-state index is 12.0. The predicted octanol–water partition coefficient (Wildman–Crippen LogP) is 6.10. The molecule has 0 unspecified atom stereocenters. The van der Waals surface area contributed by atoms with Crippen LogP contribution in [-0.4, -0.2) is 30.8 Å². The number of phenolic OH excluding ortho intramolecular Hbond substituents is 1. The predicted molar refractivity (Wildman–Crippen MR) is 119 cm³/mol. The first-order valence-corrected chi connectivity index (χ1v) is 10.6. The first kappa shape index (κ1) is 23.8. The molecule has 156 valence electrons. The number of aromatic hydroxyl groups is 1. The van der Waals surface area contributed by atoms with Gasteiger partial charge in [-0.2, -0.15) is 0 Å². The van der Waals surface area contributed by atoms with Gasteiger partial charge in [0.05, 0.1) is 6.61 Å². The van der Waals surface area contributed by atoms with Crippen LogP contribution in [0.1, 0.15) is 71.3 Å². The van der Waals surface area contributed by atoms with Crippen molar-refractivity contribution in [3.8, 4) is 5.75 Å². The lowest BCUT2D eigenvalue weighted by Gasteiger charge is -2.21. The topological polar surface area (TPSA) is 49.8 Å². The van der Waals surface area contributed by atoms with Gasteiger partial charge in [0.25, 0.3) is 0 Å². The Morgan fingerprint density at radius 1 is 1.11 bits per heavy atom. The lowest BCUT2D eigenvalue weighted by Crippen LogP contribution is -2.21. The van der Waals surface area contributed by atoms with Crippen molar-refractivity contribution in [2.45, 2.75) is 65.7 Å². The van der Waals surface area contributed by atoms with Crippen molar-refractivity contribution in [3.05, 3.63) is 42.5 Å². The number of ether oxygens (including phenoxy) is 1. The van der Waals surface area contributed by atoms with Gasteiger partial charge in [0.1, 0.15) is 5.75 Å². The van der Waals surface area contributed by atoms with Crippen molar-refractivity contribution < 1.29 is 14.6 Å². The van der Waals surface area contributed by atoms with Crippen LogP contribution >= 0.6 is 0 Å². The first-order chi connectivity index (χ1) is 13.5. The highest BCUT2D eigenvalue weighted by molar-refractivity contribution is 5.91. The van der Waals surface area contributed by atoms with Crippen LogP contribution in [0.15, 0.2) is 36.9 Å². The third-order valence-corrected chi connectivity index (χ3v) is 4.92. The van der Waals surface area contributed by atoms with Crippen molar-refractivity contribution >= 4 is 17.2 Å². The highest BCUT2D eigenvalue weighted by Gasteiger charge is 2.09. The summed E-state index contributed by atoms with van der Waals surface area (Å²) >= 11 is 0. The summed E-state index contributed by atoms with van der Waals surface area (Å²) in [5, 5.41) is 10.3. The zero-order chi connectivity index (χ0) is 20.8. The second kappa shape index (κ2) is 13.9. The molecule has 0 fully saturated rings. The molecular formula is C24H37NO3. The molecule has 0 spiro atoms. The molecule has 0 amide bonds. The van der Waals surface area contributed by atoms with Gasteiger partial charge < -0.3 is 14.7 Å². The molecule has 4 nitrogen and oxygen atoms in total. The normalized spacial score (nSPS) is 11.3. The molecule has 28 heavy (non-hydrogen) atoms. The second-order valence-corrected chi connectivity index (χ2v) is 7.07. The molecule has 0 radical (unpaired) electrons. The molecule has 1 rings (SSSR count). The van der Waals surface area contributed by atoms with E-state index in [2.05, 4.69) is 25.3 Å². The Hall–Kier alpha value is -2.23. The van der Waals surface area contributed by atoms with Crippen molar-refractivity contribution in [2.75, 3.05) is 24.6 Å². The quantitative estimate of drug-likeness (QED) is 0.181. The second-order valence-electron chi connectivity index (χ2n) is 7.07. The van der Waals surface area contributed by atoms with Crippen molar-refractivity contribution in [2.24, 2.45) is 0 Å². The molecule has 0 saturated heterocycles. The first-order valence-electron chi connectivity index (χ1n) is 10.6. The number of phenols is 1. The number of carbonyl (C=O) groups is 1. The molecule has 1 N–H and O–H groups in total. The van der Waals surface area contributed by atoms with Gasteiger partial charge in [-0.05, 0) is 57.7 Å². The zero-order valence-corrected chi connectivity index (χ0v) is 17.9. The fraction of sp³-hybridized carbons (Fsp3) is 0.542. The summed E-state index contributed by atoms with van der Waals surface area (Å²) < 4.78 is 5.30. The maximum absolute atomic E-state index is 12.0. The van der Waals surface area contributed by atoms with E-state index in [9.17, 15) is 9.90 Å². The Morgan fingerprint density at radius 2 is 1.75 bits per heavy atom. The minimum Gasteiger partial charge on any atom is -0.507 e. The van der Waals surface area contributed by atoms with E-state index in [0.29, 0.717) is 17.7 Å². The molecule has 4 heteroatoms. The molecule has 0 aliphatic carbocycles. The average Bonchev–Trinajstić information content (AvgIpc) is 2.67. The highest BCUT2D eigenvalue weighted by atomic mass is 16.5. The summed E-state index contributed by atoms with van der Waals surface area (Å²) in [5.74, 6) is -0.168. The smallest absolute Gasteiger partial charge is 0.331 e. The number of esters is 1. The molecule has 1 aromatic rings. The van der Waals surface area contributed by atoms with Crippen LogP contribution in [0.5, 0.6) is 5.75 Å². The highest BCUT2D eigenvalue weighted by Crippen LogP contribution is 2.29. The van der Waals surface area contributed by atoms with Crippen LogP contribution in [0.4, 0.5) is 5.69 Å². The van der Waals surface area contributed by atoms with Gasteiger partial charge in [-0.25, -0.2) is 4.79 Å². The van der Waals surface area contributed by atoms with E-state index >= 15 is 0 Å². The molecule has 1 aromatic carbocycles. The molecule has 0 aliphatic rings. The van der Waals surface area contributed by atoms with Crippen LogP contribution in [0, 0.1) is 0 Å². The van der Waals surface area contributed by atoms with E-state index in [1.807, 2.05) is 25.1 Å². The standard InChI is InChI=1S/C24H37NO3/c1-5-8-9-10-11-12-13-14-17-28-24(27)18-20(4)22-16-15-21(19-23(22)26)25(6-2)7-3/h5,15-16,18-19,26H,1,6-14,17H2,2-4H3/b20-18+. The van der Waals surface area contributed by atoms with Gasteiger partial charge in [0, 0.05) is 36.5 Å². The van der Waals surface area contributed by atoms with Gasteiger partial charge >= 0.3 is 5.97 Å². The van der Waals surface area contributed by atoms with Crippen LogP contribution in [0.3, 0.4) is 0 Å². The summed E-state index contributed by atoms with van der Waals surface area (Å²) in [6, 6.07) is 5.58. The van der Waals surface area contributed by atoms with E-state index in [-0.39, 0.29) is 11.7 Å². The lowest BCUT2D eigenvalue weighted by molar-refractivity contribution is -0.137. The van der Waals surface area contributed by atoms with E-state index < -0.39 is 0 Å². The number of hydrogen-bond acceptors (Lipinski definition) is 4. The lowest BCUT2D eigenvalue weighted by atomic mass is 10.0. The summed E-state index contributed by atoms with van der Waals surface area (Å²) in [5.41, 5.74) is 2.34. The van der Waals surface area contributed by atoms with Crippen LogP contribution < -0.4 is 4.90 Å². The summed E-state index contributed by atoms with van der Waals surface area (Å²) in [6.45, 7) is 11.9.